The summed E-state index contributed by atoms with van der Waals surface area (Å²) in [6.45, 7) is 6.90. The second-order valence-electron chi connectivity index (χ2n) is 6.84. The molecule has 1 aliphatic heterocycles. The van der Waals surface area contributed by atoms with Crippen LogP contribution in [0.3, 0.4) is 0 Å². The maximum Gasteiger partial charge on any atom is 0.251 e. The van der Waals surface area contributed by atoms with Crippen LogP contribution in [0.15, 0.2) is 24.3 Å². The van der Waals surface area contributed by atoms with Gasteiger partial charge in [-0.05, 0) is 24.0 Å². The van der Waals surface area contributed by atoms with E-state index in [-0.39, 0.29) is 28.8 Å². The number of carbonyl (C=O) groups excluding carboxylic acids is 2. The zero-order valence-corrected chi connectivity index (χ0v) is 17.3. The molecule has 1 saturated carbocycles. The lowest BCUT2D eigenvalue weighted by Crippen LogP contribution is -2.63. The summed E-state index contributed by atoms with van der Waals surface area (Å²) in [5.41, 5.74) is 1.62. The SMILES string of the molecule is CCSC1CC(=O)CC(SCC)C12OCC(=O)N2Cc1ccc(C)cc1. The highest BCUT2D eigenvalue weighted by Crippen LogP contribution is 2.48. The van der Waals surface area contributed by atoms with Gasteiger partial charge in [0.25, 0.3) is 5.91 Å². The number of hydrogen-bond acceptors (Lipinski definition) is 5. The molecule has 2 fully saturated rings. The Labute approximate surface area is 164 Å². The molecule has 1 saturated heterocycles. The van der Waals surface area contributed by atoms with Crippen LogP contribution < -0.4 is 0 Å². The van der Waals surface area contributed by atoms with Crippen molar-refractivity contribution in [3.63, 3.8) is 0 Å². The molecule has 142 valence electrons. The number of aryl methyl sites for hydroxylation is 1. The summed E-state index contributed by atoms with van der Waals surface area (Å²) < 4.78 is 6.26. The first kappa shape index (κ1) is 19.8. The zero-order chi connectivity index (χ0) is 18.7. The maximum absolute atomic E-state index is 12.8. The van der Waals surface area contributed by atoms with Crippen LogP contribution in [0, 0.1) is 6.92 Å². The number of amides is 1. The topological polar surface area (TPSA) is 46.6 Å². The average Bonchev–Trinajstić information content (AvgIpc) is 2.93. The Morgan fingerprint density at radius 1 is 1.08 bits per heavy atom. The third-order valence-corrected chi connectivity index (χ3v) is 7.58. The van der Waals surface area contributed by atoms with Crippen LogP contribution in [0.25, 0.3) is 0 Å². The van der Waals surface area contributed by atoms with Gasteiger partial charge in [-0.2, -0.15) is 23.5 Å². The van der Waals surface area contributed by atoms with E-state index in [0.29, 0.717) is 19.4 Å². The lowest BCUT2D eigenvalue weighted by atomic mass is 9.88. The number of hydrogen-bond donors (Lipinski definition) is 0. The van der Waals surface area contributed by atoms with E-state index >= 15 is 0 Å². The van der Waals surface area contributed by atoms with E-state index in [2.05, 4.69) is 45.0 Å². The number of ether oxygens (including phenoxy) is 1. The van der Waals surface area contributed by atoms with Crippen molar-refractivity contribution in [2.75, 3.05) is 18.1 Å². The van der Waals surface area contributed by atoms with E-state index < -0.39 is 5.72 Å². The molecule has 1 spiro atoms. The monoisotopic (exact) mass is 393 g/mol. The molecule has 2 aliphatic rings. The zero-order valence-electron chi connectivity index (χ0n) is 15.7. The first-order valence-electron chi connectivity index (χ1n) is 9.26. The van der Waals surface area contributed by atoms with Crippen molar-refractivity contribution in [2.24, 2.45) is 0 Å². The minimum absolute atomic E-state index is 0.00491. The van der Waals surface area contributed by atoms with Crippen LogP contribution in [0.1, 0.15) is 37.8 Å². The van der Waals surface area contributed by atoms with Gasteiger partial charge < -0.3 is 9.64 Å². The number of thioether (sulfide) groups is 2. The molecule has 2 atom stereocenters. The fourth-order valence-electron chi connectivity index (χ4n) is 3.91. The van der Waals surface area contributed by atoms with Crippen molar-refractivity contribution in [3.8, 4) is 0 Å². The first-order chi connectivity index (χ1) is 12.5. The van der Waals surface area contributed by atoms with Crippen molar-refractivity contribution in [3.05, 3.63) is 35.4 Å². The van der Waals surface area contributed by atoms with Crippen molar-refractivity contribution >= 4 is 35.2 Å². The Hall–Kier alpha value is -0.980. The molecule has 2 unspecified atom stereocenters. The second-order valence-corrected chi connectivity index (χ2v) is 9.80. The Bertz CT molecular complexity index is 644. The molecule has 1 aromatic rings. The summed E-state index contributed by atoms with van der Waals surface area (Å²) in [6.07, 6.45) is 0.966. The van der Waals surface area contributed by atoms with Gasteiger partial charge in [-0.15, -0.1) is 0 Å². The normalized spacial score (nSPS) is 29.0. The molecule has 1 aliphatic carbocycles. The van der Waals surface area contributed by atoms with E-state index in [1.165, 1.54) is 5.56 Å². The van der Waals surface area contributed by atoms with Gasteiger partial charge >= 0.3 is 0 Å². The van der Waals surface area contributed by atoms with E-state index in [4.69, 9.17) is 4.74 Å². The molecular weight excluding hydrogens is 366 g/mol. The third-order valence-electron chi connectivity index (χ3n) is 5.10. The summed E-state index contributed by atoms with van der Waals surface area (Å²) in [7, 11) is 0. The van der Waals surface area contributed by atoms with Gasteiger partial charge in [0.2, 0.25) is 0 Å². The van der Waals surface area contributed by atoms with Gasteiger partial charge in [-0.1, -0.05) is 43.7 Å². The van der Waals surface area contributed by atoms with Gasteiger partial charge in [0.1, 0.15) is 12.4 Å². The Morgan fingerprint density at radius 3 is 2.19 bits per heavy atom. The molecule has 0 aromatic heterocycles. The lowest BCUT2D eigenvalue weighted by Gasteiger charge is -2.49. The molecule has 1 heterocycles. The van der Waals surface area contributed by atoms with E-state index in [1.807, 2.05) is 4.90 Å². The number of nitrogens with zero attached hydrogens (tertiary/aromatic N) is 1. The van der Waals surface area contributed by atoms with Crippen LogP contribution in [0.4, 0.5) is 0 Å². The molecule has 6 heteroatoms. The predicted octanol–water partition coefficient (Wildman–Crippen LogP) is 3.66. The van der Waals surface area contributed by atoms with Gasteiger partial charge in [0.15, 0.2) is 5.72 Å². The van der Waals surface area contributed by atoms with Gasteiger partial charge in [0.05, 0.1) is 10.5 Å². The summed E-state index contributed by atoms with van der Waals surface area (Å²) in [5.74, 6) is 2.12. The molecule has 26 heavy (non-hydrogen) atoms. The molecule has 0 N–H and O–H groups in total. The van der Waals surface area contributed by atoms with Gasteiger partial charge in [0, 0.05) is 19.4 Å². The molecule has 1 aromatic carbocycles. The van der Waals surface area contributed by atoms with Gasteiger partial charge in [-0.3, -0.25) is 9.59 Å². The Morgan fingerprint density at radius 2 is 1.65 bits per heavy atom. The molecule has 0 radical (unpaired) electrons. The highest BCUT2D eigenvalue weighted by molar-refractivity contribution is 8.01. The minimum Gasteiger partial charge on any atom is -0.343 e. The van der Waals surface area contributed by atoms with Crippen LogP contribution in [0.2, 0.25) is 0 Å². The smallest absolute Gasteiger partial charge is 0.251 e. The highest BCUT2D eigenvalue weighted by Gasteiger charge is 2.60. The number of carbonyl (C=O) groups is 2. The van der Waals surface area contributed by atoms with Crippen molar-refractivity contribution in [2.45, 2.75) is 56.4 Å². The quantitative estimate of drug-likeness (QED) is 0.738. The number of rotatable bonds is 6. The fourth-order valence-corrected chi connectivity index (χ4v) is 6.60. The lowest BCUT2D eigenvalue weighted by molar-refractivity contribution is -0.143. The number of ketones is 1. The van der Waals surface area contributed by atoms with Crippen LogP contribution in [0.5, 0.6) is 0 Å². The third kappa shape index (κ3) is 3.69. The number of Topliss-reactive ketones (excluding diaryl/α,β-unsaturated/α-hetero) is 1. The fraction of sp³-hybridized carbons (Fsp3) is 0.600. The van der Waals surface area contributed by atoms with Crippen molar-refractivity contribution in [1.29, 1.82) is 0 Å². The molecule has 0 bridgehead atoms. The molecule has 3 rings (SSSR count). The summed E-state index contributed by atoms with van der Waals surface area (Å²) in [4.78, 5) is 27.1. The minimum atomic E-state index is -0.683. The van der Waals surface area contributed by atoms with Crippen LogP contribution >= 0.6 is 23.5 Å². The van der Waals surface area contributed by atoms with E-state index in [0.717, 1.165) is 17.1 Å². The summed E-state index contributed by atoms with van der Waals surface area (Å²) in [5, 5.41) is -0.00982. The Kier molecular flexibility index (Phi) is 6.36. The Balaban J connectivity index is 1.97. The standard InChI is InChI=1S/C20H27NO3S2/c1-4-25-17-10-16(22)11-18(26-5-2)20(17)21(19(23)13-24-20)12-15-8-6-14(3)7-9-15/h6-9,17-18H,4-5,10-13H2,1-3H3. The van der Waals surface area contributed by atoms with Crippen LogP contribution in [-0.4, -0.2) is 50.9 Å². The predicted molar refractivity (Wildman–Crippen MR) is 108 cm³/mol. The second kappa shape index (κ2) is 8.36. The maximum atomic E-state index is 12.8. The average molecular weight is 394 g/mol. The van der Waals surface area contributed by atoms with E-state index in [1.54, 1.807) is 23.5 Å². The van der Waals surface area contributed by atoms with Crippen LogP contribution in [-0.2, 0) is 20.9 Å². The summed E-state index contributed by atoms with van der Waals surface area (Å²) in [6, 6.07) is 8.30. The summed E-state index contributed by atoms with van der Waals surface area (Å²) >= 11 is 3.49. The van der Waals surface area contributed by atoms with Crippen molar-refractivity contribution < 1.29 is 14.3 Å². The largest absolute Gasteiger partial charge is 0.343 e. The van der Waals surface area contributed by atoms with E-state index in [9.17, 15) is 9.59 Å². The van der Waals surface area contributed by atoms with Gasteiger partial charge in [-0.25, -0.2) is 0 Å². The highest BCUT2D eigenvalue weighted by atomic mass is 32.2. The van der Waals surface area contributed by atoms with Crippen molar-refractivity contribution in [1.82, 2.24) is 4.90 Å². The molecular formula is C20H27NO3S2. The number of benzene rings is 1. The first-order valence-corrected chi connectivity index (χ1v) is 11.4. The molecule has 1 amide bonds. The molecule has 4 nitrogen and oxygen atoms in total.